The summed E-state index contributed by atoms with van der Waals surface area (Å²) in [4.78, 5) is 11.4. The molecule has 0 bridgehead atoms. The molecule has 0 rings (SSSR count). The molecule has 0 aromatic carbocycles. The van der Waals surface area contributed by atoms with Gasteiger partial charge in [0.2, 0.25) is 0 Å². The molecule has 188 valence electrons. The monoisotopic (exact) mass is 442 g/mol. The lowest BCUT2D eigenvalue weighted by Gasteiger charge is -2.04. The van der Waals surface area contributed by atoms with Crippen molar-refractivity contribution in [2.45, 2.75) is 162 Å². The topological polar surface area (TPSA) is 46.5 Å². The zero-order valence-electron chi connectivity index (χ0n) is 21.7. The van der Waals surface area contributed by atoms with E-state index in [0.717, 1.165) is 19.3 Å². The van der Waals surface area contributed by atoms with Crippen LogP contribution in [0, 0.1) is 0 Å². The molecule has 3 heteroatoms. The summed E-state index contributed by atoms with van der Waals surface area (Å²) < 4.78 is 5.22. The van der Waals surface area contributed by atoms with Gasteiger partial charge in [-0.2, -0.15) is 0 Å². The van der Waals surface area contributed by atoms with Gasteiger partial charge in [-0.3, -0.25) is 4.79 Å². The Kier molecular flexibility index (Phi) is 33.3. The Hall–Kier alpha value is -0.570. The Labute approximate surface area is 196 Å². The van der Waals surface area contributed by atoms with Crippen LogP contribution in [0.5, 0.6) is 0 Å². The molecule has 0 aromatic rings. The minimum Gasteiger partial charge on any atom is -0.466 e. The fourth-order valence-corrected chi connectivity index (χ4v) is 3.61. The highest BCUT2D eigenvalue weighted by molar-refractivity contribution is 5.69. The molecule has 0 atom stereocenters. The first-order chi connectivity index (χ1) is 15.2. The molecule has 0 aliphatic heterocycles. The van der Waals surface area contributed by atoms with Crippen molar-refractivity contribution in [3.8, 4) is 0 Å². The van der Waals surface area contributed by atoms with Crippen LogP contribution in [0.15, 0.2) is 0 Å². The third-order valence-electron chi connectivity index (χ3n) is 5.76. The summed E-state index contributed by atoms with van der Waals surface area (Å²) in [5.41, 5.74) is 0. The van der Waals surface area contributed by atoms with Crippen LogP contribution in [0.1, 0.15) is 162 Å². The van der Waals surface area contributed by atoms with Crippen LogP contribution >= 0.6 is 0 Å². The molecule has 0 amide bonds. The van der Waals surface area contributed by atoms with E-state index in [1.165, 1.54) is 116 Å². The summed E-state index contributed by atoms with van der Waals surface area (Å²) in [5.74, 6) is 0.0000525. The number of hydrogen-bond donors (Lipinski definition) is 1. The second kappa shape index (κ2) is 31.6. The maximum atomic E-state index is 11.4. The molecule has 0 saturated carbocycles. The highest BCUT2D eigenvalue weighted by Crippen LogP contribution is 2.10. The molecule has 1 N–H and O–H groups in total. The zero-order valence-corrected chi connectivity index (χ0v) is 21.7. The third-order valence-corrected chi connectivity index (χ3v) is 5.76. The predicted molar refractivity (Wildman–Crippen MR) is 137 cm³/mol. The highest BCUT2D eigenvalue weighted by atomic mass is 16.5. The zero-order chi connectivity index (χ0) is 23.3. The van der Waals surface area contributed by atoms with E-state index in [0.29, 0.717) is 19.6 Å². The lowest BCUT2D eigenvalue weighted by atomic mass is 10.1. The van der Waals surface area contributed by atoms with E-state index < -0.39 is 0 Å². The number of esters is 1. The number of carbonyl (C=O) groups is 1. The number of rotatable bonds is 23. The van der Waals surface area contributed by atoms with Crippen molar-refractivity contribution in [1.82, 2.24) is 0 Å². The quantitative estimate of drug-likeness (QED) is 0.127. The molecule has 0 fully saturated rings. The highest BCUT2D eigenvalue weighted by Gasteiger charge is 2.02. The summed E-state index contributed by atoms with van der Waals surface area (Å²) in [6, 6.07) is 0. The number of unbranched alkanes of at least 4 members (excludes halogenated alkanes) is 18. The van der Waals surface area contributed by atoms with Crippen LogP contribution in [-0.4, -0.2) is 24.3 Å². The van der Waals surface area contributed by atoms with E-state index in [2.05, 4.69) is 20.8 Å². The molecule has 0 radical (unpaired) electrons. The standard InChI is InChI=1S/C16H32O2.C12H26O/c1-3-5-7-9-11-13-15-18-16(17)14-12-10-8-6-4-2;1-2-3-4-5-6-7-8-9-10-11-12-13/h3-15H2,1-2H3;13H,2-12H2,1H3. The maximum absolute atomic E-state index is 11.4. The first kappa shape index (κ1) is 32.6. The number of ether oxygens (including phenoxy) is 1. The van der Waals surface area contributed by atoms with Crippen LogP contribution in [0.4, 0.5) is 0 Å². The first-order valence-electron chi connectivity index (χ1n) is 14.0. The second-order valence-electron chi connectivity index (χ2n) is 9.06. The number of hydrogen-bond acceptors (Lipinski definition) is 3. The van der Waals surface area contributed by atoms with Gasteiger partial charge in [-0.1, -0.05) is 136 Å². The molecule has 0 unspecified atom stereocenters. The molecular weight excluding hydrogens is 384 g/mol. The molecule has 31 heavy (non-hydrogen) atoms. The van der Waals surface area contributed by atoms with E-state index in [4.69, 9.17) is 9.84 Å². The summed E-state index contributed by atoms with van der Waals surface area (Å²) in [7, 11) is 0. The fraction of sp³-hybridized carbons (Fsp3) is 0.964. The summed E-state index contributed by atoms with van der Waals surface area (Å²) >= 11 is 0. The Bertz CT molecular complexity index is 307. The van der Waals surface area contributed by atoms with Gasteiger partial charge in [0.1, 0.15) is 0 Å². The molecule has 3 nitrogen and oxygen atoms in total. The first-order valence-corrected chi connectivity index (χ1v) is 14.0. The Morgan fingerprint density at radius 2 is 0.871 bits per heavy atom. The second-order valence-corrected chi connectivity index (χ2v) is 9.06. The minimum absolute atomic E-state index is 0.0000525. The van der Waals surface area contributed by atoms with E-state index in [9.17, 15) is 4.79 Å². The third kappa shape index (κ3) is 34.2. The Balaban J connectivity index is 0. The van der Waals surface area contributed by atoms with E-state index in [1.807, 2.05) is 0 Å². The molecule has 0 aliphatic rings. The number of carbonyl (C=O) groups excluding carboxylic acids is 1. The molecule has 0 heterocycles. The summed E-state index contributed by atoms with van der Waals surface area (Å²) in [6.45, 7) is 7.68. The van der Waals surface area contributed by atoms with Crippen LogP contribution < -0.4 is 0 Å². The van der Waals surface area contributed by atoms with Crippen molar-refractivity contribution in [2.75, 3.05) is 13.2 Å². The van der Waals surface area contributed by atoms with Gasteiger partial charge < -0.3 is 9.84 Å². The van der Waals surface area contributed by atoms with E-state index in [1.54, 1.807) is 0 Å². The smallest absolute Gasteiger partial charge is 0.305 e. The normalized spacial score (nSPS) is 10.6. The lowest BCUT2D eigenvalue weighted by molar-refractivity contribution is -0.143. The maximum Gasteiger partial charge on any atom is 0.305 e. The minimum atomic E-state index is 0.0000525. The molecular formula is C28H58O3. The van der Waals surface area contributed by atoms with E-state index >= 15 is 0 Å². The molecule has 0 saturated heterocycles. The lowest BCUT2D eigenvalue weighted by Crippen LogP contribution is -2.05. The number of aliphatic hydroxyl groups is 1. The van der Waals surface area contributed by atoms with Crippen molar-refractivity contribution < 1.29 is 14.6 Å². The molecule has 0 aromatic heterocycles. The fourth-order valence-electron chi connectivity index (χ4n) is 3.61. The van der Waals surface area contributed by atoms with Gasteiger partial charge in [0.15, 0.2) is 0 Å². The molecule has 0 spiro atoms. The average molecular weight is 443 g/mol. The van der Waals surface area contributed by atoms with Crippen molar-refractivity contribution in [3.05, 3.63) is 0 Å². The van der Waals surface area contributed by atoms with Crippen molar-refractivity contribution >= 4 is 5.97 Å². The van der Waals surface area contributed by atoms with Crippen LogP contribution in [0.2, 0.25) is 0 Å². The van der Waals surface area contributed by atoms with Gasteiger partial charge >= 0.3 is 5.97 Å². The van der Waals surface area contributed by atoms with Gasteiger partial charge in [0.05, 0.1) is 6.61 Å². The SMILES string of the molecule is CCCCCCCCCCCCO.CCCCCCCCOC(=O)CCCCCCC. The van der Waals surface area contributed by atoms with Gasteiger partial charge in [-0.05, 0) is 19.3 Å². The largest absolute Gasteiger partial charge is 0.466 e. The van der Waals surface area contributed by atoms with Crippen molar-refractivity contribution in [1.29, 1.82) is 0 Å². The van der Waals surface area contributed by atoms with Crippen LogP contribution in [0.3, 0.4) is 0 Å². The Morgan fingerprint density at radius 3 is 1.29 bits per heavy atom. The van der Waals surface area contributed by atoms with Gasteiger partial charge in [0.25, 0.3) is 0 Å². The van der Waals surface area contributed by atoms with Gasteiger partial charge in [0, 0.05) is 13.0 Å². The summed E-state index contributed by atoms with van der Waals surface area (Å²) in [6.07, 6.45) is 27.3. The van der Waals surface area contributed by atoms with Crippen molar-refractivity contribution in [2.24, 2.45) is 0 Å². The number of aliphatic hydroxyl groups excluding tert-OH is 1. The molecule has 0 aliphatic carbocycles. The summed E-state index contributed by atoms with van der Waals surface area (Å²) in [5, 5.41) is 8.57. The van der Waals surface area contributed by atoms with Gasteiger partial charge in [-0.25, -0.2) is 0 Å². The average Bonchev–Trinajstić information content (AvgIpc) is 2.78. The van der Waals surface area contributed by atoms with Crippen LogP contribution in [0.25, 0.3) is 0 Å². The van der Waals surface area contributed by atoms with E-state index in [-0.39, 0.29) is 5.97 Å². The van der Waals surface area contributed by atoms with Gasteiger partial charge in [-0.15, -0.1) is 0 Å². The van der Waals surface area contributed by atoms with Crippen molar-refractivity contribution in [3.63, 3.8) is 0 Å². The Morgan fingerprint density at radius 1 is 0.516 bits per heavy atom. The van der Waals surface area contributed by atoms with Crippen LogP contribution in [-0.2, 0) is 9.53 Å². The predicted octanol–water partition coefficient (Wildman–Crippen LogP) is 9.15.